The van der Waals surface area contributed by atoms with E-state index in [-0.39, 0.29) is 6.04 Å². The van der Waals surface area contributed by atoms with E-state index in [1.165, 1.54) is 6.26 Å². The molecule has 0 radical (unpaired) electrons. The van der Waals surface area contributed by atoms with Crippen LogP contribution < -0.4 is 11.1 Å². The highest BCUT2D eigenvalue weighted by molar-refractivity contribution is 5.19. The molecule has 0 bridgehead atoms. The number of rotatable bonds is 4. The molecule has 7 nitrogen and oxygen atoms in total. The van der Waals surface area contributed by atoms with Crippen molar-refractivity contribution in [3.8, 4) is 0 Å². The van der Waals surface area contributed by atoms with Gasteiger partial charge in [0.05, 0.1) is 12.6 Å². The summed E-state index contributed by atoms with van der Waals surface area (Å²) in [4.78, 5) is 0. The van der Waals surface area contributed by atoms with Gasteiger partial charge in [0, 0.05) is 6.07 Å². The Morgan fingerprint density at radius 3 is 3.00 bits per heavy atom. The third kappa shape index (κ3) is 2.32. The first-order valence-corrected chi connectivity index (χ1v) is 4.48. The number of nitrogens with one attached hydrogen (secondary N) is 1. The van der Waals surface area contributed by atoms with Gasteiger partial charge >= 0.3 is 6.01 Å². The van der Waals surface area contributed by atoms with Gasteiger partial charge in [-0.2, -0.15) is 0 Å². The van der Waals surface area contributed by atoms with Crippen LogP contribution in [0.2, 0.25) is 0 Å². The molecule has 80 valence electrons. The first-order valence-electron chi connectivity index (χ1n) is 4.48. The van der Waals surface area contributed by atoms with Gasteiger partial charge in [0.1, 0.15) is 12.0 Å². The molecule has 0 aliphatic carbocycles. The third-order valence-corrected chi connectivity index (χ3v) is 1.74. The van der Waals surface area contributed by atoms with Crippen molar-refractivity contribution >= 4 is 6.01 Å². The van der Waals surface area contributed by atoms with Crippen LogP contribution >= 0.6 is 0 Å². The zero-order valence-electron chi connectivity index (χ0n) is 8.17. The number of anilines is 1. The number of nitrogens with zero attached hydrogens (tertiary/aromatic N) is 3. The molecule has 0 aliphatic rings. The SMILES string of the molecule is CC(N)c1nnc(NCc2ccon2)o1. The van der Waals surface area contributed by atoms with Gasteiger partial charge in [-0.15, -0.1) is 5.10 Å². The summed E-state index contributed by atoms with van der Waals surface area (Å²) >= 11 is 0. The molecule has 3 N–H and O–H groups in total. The topological polar surface area (TPSA) is 103 Å². The summed E-state index contributed by atoms with van der Waals surface area (Å²) in [6.07, 6.45) is 1.50. The Morgan fingerprint density at radius 1 is 1.53 bits per heavy atom. The zero-order valence-corrected chi connectivity index (χ0v) is 8.17. The van der Waals surface area contributed by atoms with E-state index in [0.29, 0.717) is 18.5 Å². The molecule has 0 saturated carbocycles. The Bertz CT molecular complexity index is 408. The van der Waals surface area contributed by atoms with E-state index in [1.807, 2.05) is 0 Å². The summed E-state index contributed by atoms with van der Waals surface area (Å²) < 4.78 is 9.90. The molecule has 1 atom stereocenters. The maximum Gasteiger partial charge on any atom is 0.315 e. The monoisotopic (exact) mass is 209 g/mol. The fourth-order valence-electron chi connectivity index (χ4n) is 0.985. The van der Waals surface area contributed by atoms with Crippen molar-refractivity contribution in [1.29, 1.82) is 0 Å². The molecular formula is C8H11N5O2. The smallest absolute Gasteiger partial charge is 0.315 e. The standard InChI is InChI=1S/C8H11N5O2/c1-5(9)7-11-12-8(15-7)10-4-6-2-3-14-13-6/h2-3,5H,4,9H2,1H3,(H,10,12). The summed E-state index contributed by atoms with van der Waals surface area (Å²) in [5.74, 6) is 0.401. The van der Waals surface area contributed by atoms with Gasteiger partial charge in [-0.3, -0.25) is 0 Å². The molecule has 0 spiro atoms. The second-order valence-electron chi connectivity index (χ2n) is 3.08. The molecule has 2 rings (SSSR count). The second kappa shape index (κ2) is 4.09. The van der Waals surface area contributed by atoms with E-state index in [2.05, 4.69) is 25.2 Å². The summed E-state index contributed by atoms with van der Waals surface area (Å²) in [5, 5.41) is 14.2. The quantitative estimate of drug-likeness (QED) is 0.763. The molecular weight excluding hydrogens is 198 g/mol. The molecule has 15 heavy (non-hydrogen) atoms. The molecule has 0 saturated heterocycles. The lowest BCUT2D eigenvalue weighted by Crippen LogP contribution is -2.04. The van der Waals surface area contributed by atoms with Crippen molar-refractivity contribution in [2.45, 2.75) is 19.5 Å². The van der Waals surface area contributed by atoms with Crippen molar-refractivity contribution in [1.82, 2.24) is 15.4 Å². The van der Waals surface area contributed by atoms with Gasteiger partial charge in [0.15, 0.2) is 0 Å². The van der Waals surface area contributed by atoms with E-state index in [1.54, 1.807) is 13.0 Å². The van der Waals surface area contributed by atoms with Crippen LogP contribution in [0.1, 0.15) is 24.6 Å². The average molecular weight is 209 g/mol. The van der Waals surface area contributed by atoms with E-state index in [9.17, 15) is 0 Å². The molecule has 0 fully saturated rings. The zero-order chi connectivity index (χ0) is 10.7. The summed E-state index contributed by atoms with van der Waals surface area (Å²) in [6.45, 7) is 2.24. The Kier molecular flexibility index (Phi) is 2.64. The van der Waals surface area contributed by atoms with Gasteiger partial charge in [0.2, 0.25) is 5.89 Å². The summed E-state index contributed by atoms with van der Waals surface area (Å²) in [6, 6.07) is 1.81. The normalized spacial score (nSPS) is 12.7. The minimum absolute atomic E-state index is 0.264. The van der Waals surface area contributed by atoms with Gasteiger partial charge in [-0.1, -0.05) is 10.3 Å². The number of hydrogen-bond acceptors (Lipinski definition) is 7. The van der Waals surface area contributed by atoms with E-state index in [4.69, 9.17) is 10.2 Å². The summed E-state index contributed by atoms with van der Waals surface area (Å²) in [5.41, 5.74) is 6.33. The van der Waals surface area contributed by atoms with Crippen LogP contribution in [0, 0.1) is 0 Å². The van der Waals surface area contributed by atoms with E-state index >= 15 is 0 Å². The minimum atomic E-state index is -0.264. The Morgan fingerprint density at radius 2 is 2.40 bits per heavy atom. The van der Waals surface area contributed by atoms with Crippen LogP contribution in [0.25, 0.3) is 0 Å². The lowest BCUT2D eigenvalue weighted by atomic mass is 10.4. The van der Waals surface area contributed by atoms with E-state index in [0.717, 1.165) is 5.69 Å². The van der Waals surface area contributed by atoms with Crippen LogP contribution in [0.5, 0.6) is 0 Å². The van der Waals surface area contributed by atoms with Crippen LogP contribution in [-0.4, -0.2) is 15.4 Å². The van der Waals surface area contributed by atoms with Crippen molar-refractivity contribution in [3.63, 3.8) is 0 Å². The second-order valence-corrected chi connectivity index (χ2v) is 3.08. The maximum absolute atomic E-state index is 5.57. The van der Waals surface area contributed by atoms with Crippen LogP contribution in [-0.2, 0) is 6.54 Å². The van der Waals surface area contributed by atoms with Gasteiger partial charge < -0.3 is 20.0 Å². The minimum Gasteiger partial charge on any atom is -0.406 e. The maximum atomic E-state index is 5.57. The Balaban J connectivity index is 1.94. The van der Waals surface area contributed by atoms with Crippen LogP contribution in [0.4, 0.5) is 6.01 Å². The number of aromatic nitrogens is 3. The fraction of sp³-hybridized carbons (Fsp3) is 0.375. The molecule has 0 aromatic carbocycles. The van der Waals surface area contributed by atoms with Gasteiger partial charge in [0.25, 0.3) is 0 Å². The van der Waals surface area contributed by atoms with Crippen molar-refractivity contribution in [2.75, 3.05) is 5.32 Å². The molecule has 0 amide bonds. The van der Waals surface area contributed by atoms with Crippen LogP contribution in [0.15, 0.2) is 21.3 Å². The third-order valence-electron chi connectivity index (χ3n) is 1.74. The van der Waals surface area contributed by atoms with Crippen molar-refractivity contribution in [3.05, 3.63) is 23.9 Å². The lowest BCUT2D eigenvalue weighted by Gasteiger charge is -1.97. The van der Waals surface area contributed by atoms with Crippen molar-refractivity contribution in [2.24, 2.45) is 5.73 Å². The average Bonchev–Trinajstić information content (AvgIpc) is 2.86. The van der Waals surface area contributed by atoms with E-state index < -0.39 is 0 Å². The Labute approximate surface area is 85.6 Å². The first-order chi connectivity index (χ1) is 7.25. The predicted octanol–water partition coefficient (Wildman–Crippen LogP) is 0.689. The number of hydrogen-bond donors (Lipinski definition) is 2. The molecule has 0 aliphatic heterocycles. The molecule has 7 heteroatoms. The highest BCUT2D eigenvalue weighted by atomic mass is 16.5. The highest BCUT2D eigenvalue weighted by Gasteiger charge is 2.09. The Hall–Kier alpha value is -1.89. The molecule has 2 heterocycles. The van der Waals surface area contributed by atoms with Crippen molar-refractivity contribution < 1.29 is 8.94 Å². The van der Waals surface area contributed by atoms with Gasteiger partial charge in [-0.05, 0) is 6.92 Å². The molecule has 2 aromatic rings. The largest absolute Gasteiger partial charge is 0.406 e. The van der Waals surface area contributed by atoms with Gasteiger partial charge in [-0.25, -0.2) is 0 Å². The number of nitrogens with two attached hydrogens (primary N) is 1. The van der Waals surface area contributed by atoms with Crippen LogP contribution in [0.3, 0.4) is 0 Å². The lowest BCUT2D eigenvalue weighted by molar-refractivity contribution is 0.412. The summed E-state index contributed by atoms with van der Waals surface area (Å²) in [7, 11) is 0. The molecule has 1 unspecified atom stereocenters. The fourth-order valence-corrected chi connectivity index (χ4v) is 0.985. The predicted molar refractivity (Wildman–Crippen MR) is 50.7 cm³/mol. The first kappa shape index (κ1) is 9.66. The highest BCUT2D eigenvalue weighted by Crippen LogP contribution is 2.11. The molecule has 2 aromatic heterocycles.